The molecule has 1 unspecified atom stereocenters. The van der Waals surface area contributed by atoms with Crippen LogP contribution in [0.5, 0.6) is 0 Å². The van der Waals surface area contributed by atoms with Gasteiger partial charge in [-0.05, 0) is 83.2 Å². The zero-order chi connectivity index (χ0) is 56.8. The van der Waals surface area contributed by atoms with Crippen LogP contribution in [-0.4, -0.2) is 153 Å². The minimum Gasteiger partial charge on any atom is -0.481 e. The summed E-state index contributed by atoms with van der Waals surface area (Å²) >= 11 is 1.06. The Labute approximate surface area is 447 Å². The average molecular weight is 1080 g/mol. The lowest BCUT2D eigenvalue weighted by Gasteiger charge is -2.38. The number of aromatic nitrogens is 1. The van der Waals surface area contributed by atoms with Gasteiger partial charge in [-0.3, -0.25) is 67.4 Å². The van der Waals surface area contributed by atoms with Crippen molar-refractivity contribution in [1.82, 2.24) is 35.2 Å². The largest absolute Gasteiger partial charge is 0.481 e. The lowest BCUT2D eigenvalue weighted by atomic mass is 9.92. The zero-order valence-corrected chi connectivity index (χ0v) is 46.0. The maximum atomic E-state index is 14.3. The average Bonchev–Trinajstić information content (AvgIpc) is 4.06. The van der Waals surface area contributed by atoms with Gasteiger partial charge in [0.2, 0.25) is 23.6 Å². The van der Waals surface area contributed by atoms with E-state index >= 15 is 0 Å². The van der Waals surface area contributed by atoms with Crippen molar-refractivity contribution in [1.29, 1.82) is 0 Å². The number of benzene rings is 1. The number of hydrogen-bond donors (Lipinski definition) is 5. The van der Waals surface area contributed by atoms with Crippen LogP contribution in [0.1, 0.15) is 127 Å². The molecule has 414 valence electrons. The number of anilines is 2. The van der Waals surface area contributed by atoms with E-state index in [1.165, 1.54) is 25.3 Å². The Balaban J connectivity index is 1.57. The fraction of sp³-hybridized carbons (Fsp3) is 0.547. The molecule has 3 heterocycles. The van der Waals surface area contributed by atoms with Gasteiger partial charge in [0.05, 0.1) is 22.8 Å². The number of nitrogens with one attached hydrogen (secondary N) is 4. The molecular formula is C53H73N9O13S. The molecule has 4 rings (SSSR count). The highest BCUT2D eigenvalue weighted by molar-refractivity contribution is 7.09. The second kappa shape index (κ2) is 27.6. The van der Waals surface area contributed by atoms with E-state index in [4.69, 9.17) is 4.74 Å². The molecule has 1 aromatic carbocycles. The SMILES string of the molecule is CC[C@H](C)[C@H](NC(=O)C(C)(C)N(C)C)C(=O)N(C)[C@H](C[C@@H](OC(C)=O)c1nc(C(=O)N[C@@H](Cc2ccc(NC(=O)CCCN3C(=O)C=CC3=O)c(NC(=O)CCCN3C(=O)C=CC3=O)c2)CC(C)C(=O)O)cs1)C(C)C. The molecule has 22 nitrogen and oxygen atoms in total. The normalized spacial score (nSPS) is 15.9. The molecule has 0 saturated carbocycles. The third-order valence-corrected chi connectivity index (χ3v) is 14.7. The molecule has 6 atom stereocenters. The number of hydrogen-bond acceptors (Lipinski definition) is 15. The second-order valence-electron chi connectivity index (χ2n) is 20.3. The van der Waals surface area contributed by atoms with E-state index in [2.05, 4.69) is 26.3 Å². The minimum atomic E-state index is -1.12. The van der Waals surface area contributed by atoms with Crippen LogP contribution >= 0.6 is 11.3 Å². The van der Waals surface area contributed by atoms with Crippen molar-refractivity contribution in [3.05, 3.63) is 64.1 Å². The monoisotopic (exact) mass is 1080 g/mol. The fourth-order valence-corrected chi connectivity index (χ4v) is 9.18. The molecule has 9 amide bonds. The van der Waals surface area contributed by atoms with E-state index in [0.717, 1.165) is 45.4 Å². The molecular weight excluding hydrogens is 1000 g/mol. The summed E-state index contributed by atoms with van der Waals surface area (Å²) in [7, 11) is 5.20. The summed E-state index contributed by atoms with van der Waals surface area (Å²) < 4.78 is 5.80. The Morgan fingerprint density at radius 3 is 1.82 bits per heavy atom. The van der Waals surface area contributed by atoms with Gasteiger partial charge in [-0.25, -0.2) is 4.98 Å². The highest BCUT2D eigenvalue weighted by Gasteiger charge is 2.39. The van der Waals surface area contributed by atoms with E-state index in [1.54, 1.807) is 56.9 Å². The number of carbonyl (C=O) groups is 11. The van der Waals surface area contributed by atoms with E-state index in [9.17, 15) is 57.8 Å². The Hall–Kier alpha value is -7.14. The molecule has 76 heavy (non-hydrogen) atoms. The molecule has 0 bridgehead atoms. The van der Waals surface area contributed by atoms with Crippen LogP contribution in [0.4, 0.5) is 11.4 Å². The van der Waals surface area contributed by atoms with Crippen molar-refractivity contribution in [2.45, 2.75) is 137 Å². The number of aliphatic carboxylic acids is 1. The number of carboxylic acid groups (broad SMARTS) is 1. The lowest BCUT2D eigenvalue weighted by molar-refractivity contribution is -0.149. The number of rotatable bonds is 29. The summed E-state index contributed by atoms with van der Waals surface area (Å²) in [5.74, 6) is -7.34. The number of thiazole rings is 1. The van der Waals surface area contributed by atoms with Gasteiger partial charge in [0.25, 0.3) is 29.5 Å². The summed E-state index contributed by atoms with van der Waals surface area (Å²) in [6.45, 7) is 13.9. The first-order valence-electron chi connectivity index (χ1n) is 25.4. The maximum absolute atomic E-state index is 14.3. The van der Waals surface area contributed by atoms with Gasteiger partial charge in [0.1, 0.15) is 16.7 Å². The Bertz CT molecular complexity index is 2550. The van der Waals surface area contributed by atoms with Crippen LogP contribution in [0.2, 0.25) is 0 Å². The number of nitrogens with zero attached hydrogens (tertiary/aromatic N) is 5. The van der Waals surface area contributed by atoms with Gasteiger partial charge >= 0.3 is 11.9 Å². The number of esters is 1. The maximum Gasteiger partial charge on any atom is 0.306 e. The number of likely N-dealkylation sites (N-methyl/N-ethyl adjacent to an activating group) is 2. The first-order chi connectivity index (χ1) is 35.6. The van der Waals surface area contributed by atoms with Crippen LogP contribution < -0.4 is 21.3 Å². The number of ether oxygens (including phenoxy) is 1. The van der Waals surface area contributed by atoms with Crippen LogP contribution in [0.25, 0.3) is 0 Å². The number of amides is 9. The molecule has 2 aliphatic heterocycles. The number of carbonyl (C=O) groups excluding carboxylic acids is 10. The van der Waals surface area contributed by atoms with Gasteiger partial charge in [0.15, 0.2) is 6.10 Å². The standard InChI is InChI=1S/C53H73N9O13S/c1-12-31(4)47(58-52(74)53(7,8)59(9)10)50(71)60(11)39(30(2)3)28-40(75-33(6)63)49-57-38(29-76-49)48(70)54-35(25-32(5)51(72)73)26-34-17-18-36(55-41(64)15-13-23-61-43(66)19-20-44(61)67)37(27-34)56-42(65)16-14-24-62-45(68)21-22-46(62)69/h17-22,27,29-32,35,39-40,47H,12-16,23-26,28H2,1-11H3,(H,54,70)(H,55,64)(H,56,65)(H,58,74)(H,72,73)/t31-,32?,35+,39+,40+,47-/m0/s1. The first-order valence-corrected chi connectivity index (χ1v) is 26.2. The minimum absolute atomic E-state index is 0.00604. The highest BCUT2D eigenvalue weighted by Crippen LogP contribution is 2.32. The van der Waals surface area contributed by atoms with Gasteiger partial charge in [-0.1, -0.05) is 47.1 Å². The number of carboxylic acids is 1. The molecule has 0 spiro atoms. The van der Waals surface area contributed by atoms with E-state index in [0.29, 0.717) is 12.0 Å². The number of imide groups is 2. The molecule has 2 aromatic rings. The third kappa shape index (κ3) is 16.9. The Kier molecular flexibility index (Phi) is 22.3. The summed E-state index contributed by atoms with van der Waals surface area (Å²) in [5.41, 5.74) is -0.112. The molecule has 0 radical (unpaired) electrons. The van der Waals surface area contributed by atoms with Crippen LogP contribution in [0.3, 0.4) is 0 Å². The molecule has 0 saturated heterocycles. The van der Waals surface area contributed by atoms with E-state index < -0.39 is 89.0 Å². The van der Waals surface area contributed by atoms with Crippen molar-refractivity contribution in [3.63, 3.8) is 0 Å². The van der Waals surface area contributed by atoms with Crippen LogP contribution in [0, 0.1) is 17.8 Å². The summed E-state index contributed by atoms with van der Waals surface area (Å²) in [5, 5.41) is 23.1. The smallest absolute Gasteiger partial charge is 0.306 e. The third-order valence-electron chi connectivity index (χ3n) is 13.7. The zero-order valence-electron chi connectivity index (χ0n) is 45.2. The fourth-order valence-electron chi connectivity index (χ4n) is 8.34. The molecule has 0 fully saturated rings. The predicted octanol–water partition coefficient (Wildman–Crippen LogP) is 4.23. The molecule has 23 heteroatoms. The Morgan fingerprint density at radius 2 is 1.33 bits per heavy atom. The van der Waals surface area contributed by atoms with Crippen molar-refractivity contribution >= 4 is 87.8 Å². The van der Waals surface area contributed by atoms with Gasteiger partial charge in [0, 0.05) is 88.1 Å². The quantitative estimate of drug-likeness (QED) is 0.0563. The van der Waals surface area contributed by atoms with Crippen LogP contribution in [-0.2, 0) is 59.1 Å². The van der Waals surface area contributed by atoms with Crippen LogP contribution in [0.15, 0.2) is 47.9 Å². The topological polar surface area (TPSA) is 291 Å². The van der Waals surface area contributed by atoms with Crippen molar-refractivity contribution in [2.24, 2.45) is 17.8 Å². The van der Waals surface area contributed by atoms with Crippen molar-refractivity contribution in [2.75, 3.05) is 44.9 Å². The molecule has 0 aliphatic carbocycles. The molecule has 1 aromatic heterocycles. The van der Waals surface area contributed by atoms with Gasteiger partial charge < -0.3 is 36.0 Å². The van der Waals surface area contributed by atoms with Crippen molar-refractivity contribution in [3.8, 4) is 0 Å². The van der Waals surface area contributed by atoms with Gasteiger partial charge in [-0.2, -0.15) is 0 Å². The molecule has 5 N–H and O–H groups in total. The summed E-state index contributed by atoms with van der Waals surface area (Å²) in [6, 6.07) is 2.49. The van der Waals surface area contributed by atoms with E-state index in [-0.39, 0.29) is 104 Å². The van der Waals surface area contributed by atoms with E-state index in [1.807, 2.05) is 27.7 Å². The first kappa shape index (κ1) is 61.4. The van der Waals surface area contributed by atoms with Gasteiger partial charge in [-0.15, -0.1) is 11.3 Å². The Morgan fingerprint density at radius 1 is 0.789 bits per heavy atom. The predicted molar refractivity (Wildman–Crippen MR) is 282 cm³/mol. The summed E-state index contributed by atoms with van der Waals surface area (Å²) in [6.07, 6.45) is 4.32. The molecule has 2 aliphatic rings. The second-order valence-corrected chi connectivity index (χ2v) is 21.2. The van der Waals surface area contributed by atoms with Crippen molar-refractivity contribution < 1.29 is 62.6 Å². The lowest BCUT2D eigenvalue weighted by Crippen LogP contribution is -2.60. The summed E-state index contributed by atoms with van der Waals surface area (Å²) in [4.78, 5) is 151. The highest BCUT2D eigenvalue weighted by atomic mass is 32.1.